The molecule has 2 nitrogen and oxygen atoms in total. The number of aromatic nitrogens is 2. The molecule has 2 aromatic heterocycles. The molecule has 3 rings (SSSR count). The van der Waals surface area contributed by atoms with E-state index in [0.717, 1.165) is 33.7 Å². The third-order valence-corrected chi connectivity index (χ3v) is 4.52. The van der Waals surface area contributed by atoms with Crippen molar-refractivity contribution < 1.29 is 13.2 Å². The Hall–Kier alpha value is -1.82. The number of hydrogen-bond donors (Lipinski definition) is 0. The predicted octanol–water partition coefficient (Wildman–Crippen LogP) is 5.01. The molecule has 2 heterocycles. The van der Waals surface area contributed by atoms with Gasteiger partial charge in [-0.1, -0.05) is 6.92 Å². The SMILES string of the molecule is CCSc1cc(C)cnc1C1=Cc2ncc(C(F)(F)F)cc2C1. The molecule has 0 atom stereocenters. The summed E-state index contributed by atoms with van der Waals surface area (Å²) in [7, 11) is 0. The number of pyridine rings is 2. The van der Waals surface area contributed by atoms with Gasteiger partial charge in [0, 0.05) is 23.7 Å². The highest BCUT2D eigenvalue weighted by molar-refractivity contribution is 7.99. The van der Waals surface area contributed by atoms with Crippen LogP contribution in [0, 0.1) is 6.92 Å². The van der Waals surface area contributed by atoms with E-state index in [1.54, 1.807) is 18.0 Å². The first-order chi connectivity index (χ1) is 10.9. The number of halogens is 3. The van der Waals surface area contributed by atoms with E-state index in [1.165, 1.54) is 6.07 Å². The van der Waals surface area contributed by atoms with Gasteiger partial charge in [0.25, 0.3) is 0 Å². The van der Waals surface area contributed by atoms with Gasteiger partial charge in [0.2, 0.25) is 0 Å². The Labute approximate surface area is 136 Å². The van der Waals surface area contributed by atoms with Crippen LogP contribution in [-0.2, 0) is 12.6 Å². The van der Waals surface area contributed by atoms with Gasteiger partial charge in [0.15, 0.2) is 0 Å². The Kier molecular flexibility index (Phi) is 4.19. The first-order valence-electron chi connectivity index (χ1n) is 7.25. The van der Waals surface area contributed by atoms with Crippen LogP contribution in [0.5, 0.6) is 0 Å². The van der Waals surface area contributed by atoms with E-state index in [2.05, 4.69) is 23.0 Å². The molecule has 0 spiro atoms. The van der Waals surface area contributed by atoms with E-state index in [-0.39, 0.29) is 0 Å². The summed E-state index contributed by atoms with van der Waals surface area (Å²) in [5, 5.41) is 0. The molecular weight excluding hydrogens is 321 g/mol. The molecule has 0 fully saturated rings. The number of nitrogens with zero attached hydrogens (tertiary/aromatic N) is 2. The van der Waals surface area contributed by atoms with Crippen molar-refractivity contribution in [1.82, 2.24) is 9.97 Å². The molecule has 1 aliphatic rings. The second-order valence-electron chi connectivity index (χ2n) is 5.40. The van der Waals surface area contributed by atoms with Crippen LogP contribution in [0.2, 0.25) is 0 Å². The fourth-order valence-corrected chi connectivity index (χ4v) is 3.47. The lowest BCUT2D eigenvalue weighted by Gasteiger charge is -2.10. The van der Waals surface area contributed by atoms with Gasteiger partial charge in [-0.2, -0.15) is 13.2 Å². The van der Waals surface area contributed by atoms with Gasteiger partial charge in [0.05, 0.1) is 17.0 Å². The summed E-state index contributed by atoms with van der Waals surface area (Å²) in [6.07, 6.45) is 0.582. The molecule has 0 bridgehead atoms. The number of allylic oxidation sites excluding steroid dienone is 1. The lowest BCUT2D eigenvalue weighted by atomic mass is 10.1. The topological polar surface area (TPSA) is 25.8 Å². The zero-order valence-electron chi connectivity index (χ0n) is 12.7. The Morgan fingerprint density at radius 3 is 2.65 bits per heavy atom. The van der Waals surface area contributed by atoms with Crippen molar-refractivity contribution in [2.24, 2.45) is 0 Å². The zero-order valence-corrected chi connectivity index (χ0v) is 13.6. The summed E-state index contributed by atoms with van der Waals surface area (Å²) in [5.74, 6) is 0.912. The summed E-state index contributed by atoms with van der Waals surface area (Å²) in [4.78, 5) is 9.52. The lowest BCUT2D eigenvalue weighted by molar-refractivity contribution is -0.137. The highest BCUT2D eigenvalue weighted by Gasteiger charge is 2.32. The third-order valence-electron chi connectivity index (χ3n) is 3.61. The summed E-state index contributed by atoms with van der Waals surface area (Å²) in [5.41, 5.74) is 3.33. The Morgan fingerprint density at radius 2 is 1.96 bits per heavy atom. The van der Waals surface area contributed by atoms with E-state index < -0.39 is 11.7 Å². The highest BCUT2D eigenvalue weighted by atomic mass is 32.2. The molecule has 0 N–H and O–H groups in total. The van der Waals surface area contributed by atoms with Crippen molar-refractivity contribution in [3.8, 4) is 0 Å². The number of alkyl halides is 3. The molecule has 0 amide bonds. The van der Waals surface area contributed by atoms with Crippen LogP contribution in [0.15, 0.2) is 29.4 Å². The average molecular weight is 336 g/mol. The summed E-state index contributed by atoms with van der Waals surface area (Å²) in [6.45, 7) is 4.04. The monoisotopic (exact) mass is 336 g/mol. The number of thioether (sulfide) groups is 1. The fraction of sp³-hybridized carbons (Fsp3) is 0.294. The van der Waals surface area contributed by atoms with Crippen LogP contribution in [-0.4, -0.2) is 15.7 Å². The predicted molar refractivity (Wildman–Crippen MR) is 86.2 cm³/mol. The van der Waals surface area contributed by atoms with Crippen LogP contribution in [0.1, 0.15) is 35.0 Å². The summed E-state index contributed by atoms with van der Waals surface area (Å²) >= 11 is 1.69. The van der Waals surface area contributed by atoms with E-state index in [0.29, 0.717) is 17.7 Å². The molecular formula is C17H15F3N2S. The van der Waals surface area contributed by atoms with Crippen LogP contribution in [0.3, 0.4) is 0 Å². The van der Waals surface area contributed by atoms with Gasteiger partial charge in [-0.15, -0.1) is 11.8 Å². The molecule has 2 aromatic rings. The quantitative estimate of drug-likeness (QED) is 0.737. The minimum absolute atomic E-state index is 0.430. The Bertz CT molecular complexity index is 782. The number of fused-ring (bicyclic) bond motifs is 1. The van der Waals surface area contributed by atoms with Crippen molar-refractivity contribution in [2.75, 3.05) is 5.75 Å². The van der Waals surface area contributed by atoms with Crippen LogP contribution in [0.25, 0.3) is 11.6 Å². The molecule has 0 aromatic carbocycles. The van der Waals surface area contributed by atoms with Gasteiger partial charge in [-0.05, 0) is 47.6 Å². The molecule has 1 aliphatic carbocycles. The maximum Gasteiger partial charge on any atom is 0.417 e. The molecule has 0 saturated heterocycles. The maximum atomic E-state index is 12.8. The van der Waals surface area contributed by atoms with Gasteiger partial charge < -0.3 is 0 Å². The molecule has 0 aliphatic heterocycles. The average Bonchev–Trinajstić information content (AvgIpc) is 2.89. The van der Waals surface area contributed by atoms with Gasteiger partial charge in [0.1, 0.15) is 0 Å². The van der Waals surface area contributed by atoms with Crippen molar-refractivity contribution >= 4 is 23.4 Å². The number of aryl methyl sites for hydroxylation is 1. The van der Waals surface area contributed by atoms with Crippen LogP contribution >= 0.6 is 11.8 Å². The smallest absolute Gasteiger partial charge is 0.256 e. The lowest BCUT2D eigenvalue weighted by Crippen LogP contribution is -2.06. The van der Waals surface area contributed by atoms with Gasteiger partial charge in [-0.25, -0.2) is 0 Å². The maximum absolute atomic E-state index is 12.8. The molecule has 23 heavy (non-hydrogen) atoms. The van der Waals surface area contributed by atoms with Crippen molar-refractivity contribution in [2.45, 2.75) is 31.3 Å². The van der Waals surface area contributed by atoms with Crippen molar-refractivity contribution in [3.05, 3.63) is 52.6 Å². The molecule has 6 heteroatoms. The molecule has 0 saturated carbocycles. The Morgan fingerprint density at radius 1 is 1.17 bits per heavy atom. The van der Waals surface area contributed by atoms with E-state index in [9.17, 15) is 13.2 Å². The first kappa shape index (κ1) is 16.1. The van der Waals surface area contributed by atoms with Crippen LogP contribution in [0.4, 0.5) is 13.2 Å². The largest absolute Gasteiger partial charge is 0.417 e. The van der Waals surface area contributed by atoms with Crippen molar-refractivity contribution in [3.63, 3.8) is 0 Å². The number of rotatable bonds is 3. The second-order valence-corrected chi connectivity index (χ2v) is 6.71. The zero-order chi connectivity index (χ0) is 16.6. The van der Waals surface area contributed by atoms with E-state index >= 15 is 0 Å². The Balaban J connectivity index is 1.96. The molecule has 0 radical (unpaired) electrons. The normalized spacial score (nSPS) is 13.9. The minimum atomic E-state index is -4.36. The van der Waals surface area contributed by atoms with Crippen molar-refractivity contribution in [1.29, 1.82) is 0 Å². The number of hydrogen-bond acceptors (Lipinski definition) is 3. The van der Waals surface area contributed by atoms with Gasteiger partial charge in [-0.3, -0.25) is 9.97 Å². The second kappa shape index (κ2) is 6.00. The highest BCUT2D eigenvalue weighted by Crippen LogP contribution is 2.37. The van der Waals surface area contributed by atoms with Gasteiger partial charge >= 0.3 is 6.18 Å². The molecule has 120 valence electrons. The third kappa shape index (κ3) is 3.27. The fourth-order valence-electron chi connectivity index (χ4n) is 2.57. The molecule has 0 unspecified atom stereocenters. The standard InChI is InChI=1S/C17H15F3N2S/c1-3-23-15-4-10(2)8-22-16(15)12-5-11-6-13(17(18,19)20)9-21-14(11)7-12/h4,6-9H,3,5H2,1-2H3. The summed E-state index contributed by atoms with van der Waals surface area (Å²) in [6, 6.07) is 3.25. The van der Waals surface area contributed by atoms with E-state index in [1.807, 2.05) is 13.0 Å². The van der Waals surface area contributed by atoms with Crippen LogP contribution < -0.4 is 0 Å². The van der Waals surface area contributed by atoms with E-state index in [4.69, 9.17) is 0 Å². The first-order valence-corrected chi connectivity index (χ1v) is 8.23. The minimum Gasteiger partial charge on any atom is -0.256 e. The summed E-state index contributed by atoms with van der Waals surface area (Å²) < 4.78 is 38.4.